The number of carbonyl (C=O) groups is 1. The van der Waals surface area contributed by atoms with E-state index in [1.807, 2.05) is 6.92 Å². The first-order valence-corrected chi connectivity index (χ1v) is 3.60. The predicted molar refractivity (Wildman–Crippen MR) is 44.2 cm³/mol. The SMILES string of the molecule is CC(O)C[N+](C)(C)C.NC(=O)[O-]. The van der Waals surface area contributed by atoms with E-state index in [4.69, 9.17) is 15.0 Å². The molecule has 0 aromatic carbocycles. The number of hydrogen-bond acceptors (Lipinski definition) is 3. The molecule has 1 amide bonds. The van der Waals surface area contributed by atoms with E-state index in [0.717, 1.165) is 11.0 Å². The zero-order valence-corrected chi connectivity index (χ0v) is 8.07. The predicted octanol–water partition coefficient (Wildman–Crippen LogP) is -1.64. The number of carbonyl (C=O) groups excluding carboxylic acids is 1. The van der Waals surface area contributed by atoms with Gasteiger partial charge in [0.2, 0.25) is 0 Å². The Morgan fingerprint density at radius 2 is 1.83 bits per heavy atom. The lowest BCUT2D eigenvalue weighted by Crippen LogP contribution is -2.40. The summed E-state index contributed by atoms with van der Waals surface area (Å²) >= 11 is 0. The van der Waals surface area contributed by atoms with Crippen molar-refractivity contribution in [3.05, 3.63) is 0 Å². The quantitative estimate of drug-likeness (QED) is 0.497. The van der Waals surface area contributed by atoms with Gasteiger partial charge in [-0.25, -0.2) is 0 Å². The minimum absolute atomic E-state index is 0.185. The van der Waals surface area contributed by atoms with Gasteiger partial charge in [0.05, 0.1) is 21.1 Å². The van der Waals surface area contributed by atoms with Crippen molar-refractivity contribution in [2.75, 3.05) is 27.7 Å². The van der Waals surface area contributed by atoms with Crippen molar-refractivity contribution in [1.82, 2.24) is 0 Å². The van der Waals surface area contributed by atoms with Crippen molar-refractivity contribution in [2.45, 2.75) is 13.0 Å². The molecule has 1 unspecified atom stereocenters. The Hall–Kier alpha value is -0.810. The third-order valence-electron chi connectivity index (χ3n) is 0.812. The number of nitrogens with zero attached hydrogens (tertiary/aromatic N) is 1. The fraction of sp³-hybridized carbons (Fsp3) is 0.857. The second kappa shape index (κ2) is 5.79. The molecule has 3 N–H and O–H groups in total. The van der Waals surface area contributed by atoms with Gasteiger partial charge < -0.3 is 25.2 Å². The van der Waals surface area contributed by atoms with Gasteiger partial charge >= 0.3 is 0 Å². The van der Waals surface area contributed by atoms with Crippen LogP contribution in [-0.2, 0) is 0 Å². The standard InChI is InChI=1S/C6H16NO.CH3NO2/c1-6(8)5-7(2,3)4;2-1(3)4/h6,8H,5H2,1-4H3;2H2,(H,3,4)/q+1;/p-1. The molecule has 0 rings (SSSR count). The molecule has 0 radical (unpaired) electrons. The smallest absolute Gasteiger partial charge is 0.131 e. The van der Waals surface area contributed by atoms with Crippen molar-refractivity contribution < 1.29 is 19.5 Å². The molecule has 0 saturated heterocycles. The molecular weight excluding hydrogens is 160 g/mol. The highest BCUT2D eigenvalue weighted by Gasteiger charge is 2.09. The Kier molecular flexibility index (Phi) is 6.64. The van der Waals surface area contributed by atoms with Crippen LogP contribution in [-0.4, -0.2) is 49.5 Å². The highest BCUT2D eigenvalue weighted by Crippen LogP contribution is 1.92. The molecule has 0 aliphatic heterocycles. The van der Waals surface area contributed by atoms with Crippen LogP contribution in [0.5, 0.6) is 0 Å². The van der Waals surface area contributed by atoms with Gasteiger partial charge in [0.25, 0.3) is 0 Å². The molecule has 1 atom stereocenters. The molecule has 12 heavy (non-hydrogen) atoms. The van der Waals surface area contributed by atoms with Gasteiger partial charge in [-0.05, 0) is 6.92 Å². The van der Waals surface area contributed by atoms with Gasteiger partial charge in [0, 0.05) is 0 Å². The van der Waals surface area contributed by atoms with Crippen LogP contribution in [0, 0.1) is 0 Å². The average molecular weight is 178 g/mol. The summed E-state index contributed by atoms with van der Waals surface area (Å²) in [6.07, 6.45) is -1.77. The third-order valence-corrected chi connectivity index (χ3v) is 0.812. The number of nitrogens with two attached hydrogens (primary N) is 1. The summed E-state index contributed by atoms with van der Waals surface area (Å²) in [6, 6.07) is 0. The van der Waals surface area contributed by atoms with Crippen LogP contribution in [0.2, 0.25) is 0 Å². The van der Waals surface area contributed by atoms with Gasteiger partial charge in [-0.3, -0.25) is 0 Å². The van der Waals surface area contributed by atoms with Crippen LogP contribution in [0.3, 0.4) is 0 Å². The molecule has 0 aliphatic rings. The molecule has 0 heterocycles. The number of aliphatic hydroxyl groups excluding tert-OH is 1. The van der Waals surface area contributed by atoms with Crippen molar-refractivity contribution >= 4 is 6.09 Å². The highest BCUT2D eigenvalue weighted by atomic mass is 16.4. The van der Waals surface area contributed by atoms with Crippen LogP contribution < -0.4 is 10.8 Å². The number of primary amides is 1. The Balaban J connectivity index is 0. The molecular formula is C7H18N2O3. The Morgan fingerprint density at radius 1 is 1.58 bits per heavy atom. The lowest BCUT2D eigenvalue weighted by Gasteiger charge is -2.24. The summed E-state index contributed by atoms with van der Waals surface area (Å²) in [6.45, 7) is 2.63. The number of carboxylic acid groups (broad SMARTS) is 1. The Bertz CT molecular complexity index is 125. The van der Waals surface area contributed by atoms with Gasteiger partial charge in [0.15, 0.2) is 0 Å². The lowest BCUT2D eigenvalue weighted by molar-refractivity contribution is -0.873. The fourth-order valence-electron chi connectivity index (χ4n) is 0.793. The maximum absolute atomic E-state index is 8.87. The summed E-state index contributed by atoms with van der Waals surface area (Å²) in [7, 11) is 6.19. The van der Waals surface area contributed by atoms with Gasteiger partial charge in [-0.1, -0.05) is 0 Å². The number of likely N-dealkylation sites (N-methyl/N-ethyl adjacent to an activating group) is 1. The monoisotopic (exact) mass is 178 g/mol. The summed E-state index contributed by atoms with van der Waals surface area (Å²) in [5.74, 6) is 0. The molecule has 0 fully saturated rings. The van der Waals surface area contributed by atoms with Crippen LogP contribution in [0.15, 0.2) is 0 Å². The van der Waals surface area contributed by atoms with E-state index >= 15 is 0 Å². The molecule has 0 aromatic rings. The minimum Gasteiger partial charge on any atom is -0.530 e. The molecule has 5 nitrogen and oxygen atoms in total. The van der Waals surface area contributed by atoms with Crippen LogP contribution in [0.1, 0.15) is 6.92 Å². The second-order valence-corrected chi connectivity index (χ2v) is 3.64. The molecule has 74 valence electrons. The number of hydrogen-bond donors (Lipinski definition) is 2. The van der Waals surface area contributed by atoms with Crippen molar-refractivity contribution in [3.63, 3.8) is 0 Å². The third kappa shape index (κ3) is 35.1. The normalized spacial score (nSPS) is 12.8. The number of aliphatic hydroxyl groups is 1. The first-order chi connectivity index (χ1) is 5.15. The van der Waals surface area contributed by atoms with E-state index in [1.54, 1.807) is 0 Å². The molecule has 0 aliphatic carbocycles. The second-order valence-electron chi connectivity index (χ2n) is 3.64. The lowest BCUT2D eigenvalue weighted by atomic mass is 10.3. The summed E-state index contributed by atoms with van der Waals surface area (Å²) in [5.41, 5.74) is 3.92. The number of rotatable bonds is 2. The van der Waals surface area contributed by atoms with E-state index in [2.05, 4.69) is 26.9 Å². The average Bonchev–Trinajstić information content (AvgIpc) is 1.52. The number of quaternary nitrogens is 1. The van der Waals surface area contributed by atoms with Crippen LogP contribution in [0.4, 0.5) is 4.79 Å². The van der Waals surface area contributed by atoms with Crippen molar-refractivity contribution in [3.8, 4) is 0 Å². The van der Waals surface area contributed by atoms with Gasteiger partial charge in [-0.2, -0.15) is 0 Å². The van der Waals surface area contributed by atoms with Crippen LogP contribution >= 0.6 is 0 Å². The summed E-state index contributed by atoms with van der Waals surface area (Å²) in [4.78, 5) is 8.67. The van der Waals surface area contributed by atoms with E-state index in [0.29, 0.717) is 0 Å². The fourth-order valence-corrected chi connectivity index (χ4v) is 0.793. The summed E-state index contributed by atoms with van der Waals surface area (Å²) < 4.78 is 0.831. The van der Waals surface area contributed by atoms with Gasteiger partial charge in [0.1, 0.15) is 18.7 Å². The maximum Gasteiger partial charge on any atom is 0.131 e. The van der Waals surface area contributed by atoms with E-state index in [-0.39, 0.29) is 6.10 Å². The molecule has 0 aromatic heterocycles. The first kappa shape index (κ1) is 13.8. The maximum atomic E-state index is 8.87. The number of amides is 1. The van der Waals surface area contributed by atoms with E-state index in [9.17, 15) is 0 Å². The van der Waals surface area contributed by atoms with Crippen LogP contribution in [0.25, 0.3) is 0 Å². The van der Waals surface area contributed by atoms with E-state index in [1.165, 1.54) is 0 Å². The zero-order valence-electron chi connectivity index (χ0n) is 8.07. The molecule has 5 heteroatoms. The van der Waals surface area contributed by atoms with Crippen molar-refractivity contribution in [2.24, 2.45) is 5.73 Å². The van der Waals surface area contributed by atoms with E-state index < -0.39 is 6.09 Å². The summed E-state index contributed by atoms with van der Waals surface area (Å²) in [5, 5.41) is 17.5. The molecule has 0 spiro atoms. The largest absolute Gasteiger partial charge is 0.530 e. The minimum atomic E-state index is -1.58. The highest BCUT2D eigenvalue weighted by molar-refractivity contribution is 5.58. The Labute approximate surface area is 73.0 Å². The topological polar surface area (TPSA) is 86.4 Å². The zero-order chi connectivity index (χ0) is 10.4. The first-order valence-electron chi connectivity index (χ1n) is 3.60. The Morgan fingerprint density at radius 3 is 1.83 bits per heavy atom. The molecule has 0 bridgehead atoms. The van der Waals surface area contributed by atoms with Gasteiger partial charge in [-0.15, -0.1) is 0 Å². The molecule has 0 saturated carbocycles. The van der Waals surface area contributed by atoms with Crippen molar-refractivity contribution in [1.29, 1.82) is 0 Å².